The topological polar surface area (TPSA) is 125 Å². The lowest BCUT2D eigenvalue weighted by Gasteiger charge is -2.39. The third-order valence-corrected chi connectivity index (χ3v) is 8.44. The molecule has 1 spiro atoms. The molecule has 2 bridgehead atoms. The van der Waals surface area contributed by atoms with Gasteiger partial charge in [0.15, 0.2) is 0 Å². The van der Waals surface area contributed by atoms with Gasteiger partial charge in [-0.2, -0.15) is 0 Å². The Bertz CT molecular complexity index is 956. The first-order chi connectivity index (χ1) is 19.2. The van der Waals surface area contributed by atoms with Gasteiger partial charge in [-0.15, -0.1) is 13.2 Å². The van der Waals surface area contributed by atoms with Crippen LogP contribution < -0.4 is 5.32 Å². The summed E-state index contributed by atoms with van der Waals surface area (Å²) < 4.78 is 12.2. The maximum atomic E-state index is 14.2. The Balaban J connectivity index is 1.84. The molecule has 3 saturated heterocycles. The van der Waals surface area contributed by atoms with Gasteiger partial charge in [-0.05, 0) is 52.4 Å². The van der Waals surface area contributed by atoms with E-state index in [9.17, 15) is 24.3 Å². The highest BCUT2D eigenvalue weighted by atomic mass is 16.6. The summed E-state index contributed by atoms with van der Waals surface area (Å²) in [5.74, 6) is -2.79. The Labute approximate surface area is 238 Å². The van der Waals surface area contributed by atoms with Crippen LogP contribution in [0.5, 0.6) is 0 Å². The van der Waals surface area contributed by atoms with Crippen molar-refractivity contribution >= 4 is 23.7 Å². The molecule has 3 fully saturated rings. The van der Waals surface area contributed by atoms with E-state index < -0.39 is 41.7 Å². The minimum atomic E-state index is -1.10. The fraction of sp³-hybridized carbons (Fsp3) is 0.733. The van der Waals surface area contributed by atoms with Crippen LogP contribution in [0.2, 0.25) is 0 Å². The number of rotatable bonds is 17. The summed E-state index contributed by atoms with van der Waals surface area (Å²) in [5.41, 5.74) is -1.10. The van der Waals surface area contributed by atoms with Crippen molar-refractivity contribution in [1.82, 2.24) is 15.1 Å². The summed E-state index contributed by atoms with van der Waals surface area (Å²) >= 11 is 0. The van der Waals surface area contributed by atoms with Gasteiger partial charge in [0.25, 0.3) is 0 Å². The number of ether oxygens (including phenoxy) is 2. The van der Waals surface area contributed by atoms with Gasteiger partial charge < -0.3 is 29.7 Å². The fourth-order valence-electron chi connectivity index (χ4n) is 6.59. The van der Waals surface area contributed by atoms with Crippen LogP contribution in [0.15, 0.2) is 25.3 Å². The molecule has 0 radical (unpaired) electrons. The summed E-state index contributed by atoms with van der Waals surface area (Å²) in [6.07, 6.45) is 6.91. The van der Waals surface area contributed by atoms with Gasteiger partial charge in [-0.3, -0.25) is 19.2 Å². The molecule has 3 rings (SSSR count). The molecule has 3 heterocycles. The SMILES string of the molecule is C=CCCC(=O)NC[C@@H](C)OC(=O)[C@@H]1[C@@H]2CC[C@]3(O2)[C@H](C(=O)N(CC=C)C(C)CCC)N(CCCCO)C(=O)[C@@H]13. The molecule has 0 saturated carbocycles. The van der Waals surface area contributed by atoms with E-state index in [2.05, 4.69) is 25.4 Å². The third-order valence-electron chi connectivity index (χ3n) is 8.44. The lowest BCUT2D eigenvalue weighted by Crippen LogP contribution is -2.58. The Morgan fingerprint density at radius 2 is 2.02 bits per heavy atom. The molecule has 0 aromatic heterocycles. The highest BCUT2D eigenvalue weighted by molar-refractivity contribution is 5.98. The van der Waals surface area contributed by atoms with E-state index in [4.69, 9.17) is 9.47 Å². The normalized spacial score (nSPS) is 28.1. The van der Waals surface area contributed by atoms with E-state index in [1.807, 2.05) is 6.92 Å². The molecular weight excluding hydrogens is 514 g/mol. The second-order valence-corrected chi connectivity index (χ2v) is 11.3. The molecule has 10 nitrogen and oxygen atoms in total. The number of aliphatic hydroxyl groups excluding tert-OH is 1. The molecule has 0 aromatic rings. The molecule has 224 valence electrons. The van der Waals surface area contributed by atoms with Crippen LogP contribution in [0.3, 0.4) is 0 Å². The van der Waals surface area contributed by atoms with Crippen LogP contribution in [0, 0.1) is 11.8 Å². The number of fused-ring (bicyclic) bond motifs is 1. The minimum Gasteiger partial charge on any atom is -0.460 e. The van der Waals surface area contributed by atoms with Gasteiger partial charge in [0.2, 0.25) is 17.7 Å². The quantitative estimate of drug-likeness (QED) is 0.159. The molecule has 1 unspecified atom stereocenters. The molecule has 40 heavy (non-hydrogen) atoms. The van der Waals surface area contributed by atoms with Crippen molar-refractivity contribution in [1.29, 1.82) is 0 Å². The monoisotopic (exact) mass is 561 g/mol. The lowest BCUT2D eigenvalue weighted by atomic mass is 9.70. The van der Waals surface area contributed by atoms with E-state index in [-0.39, 0.29) is 36.9 Å². The van der Waals surface area contributed by atoms with Gasteiger partial charge in [-0.25, -0.2) is 0 Å². The van der Waals surface area contributed by atoms with Crippen LogP contribution in [-0.4, -0.2) is 94.7 Å². The number of nitrogens with one attached hydrogen (secondary N) is 1. The number of likely N-dealkylation sites (tertiary alicyclic amines) is 1. The number of hydrogen-bond donors (Lipinski definition) is 2. The van der Waals surface area contributed by atoms with Gasteiger partial charge in [0.1, 0.15) is 17.7 Å². The second-order valence-electron chi connectivity index (χ2n) is 11.3. The first kappa shape index (κ1) is 31.8. The summed E-state index contributed by atoms with van der Waals surface area (Å²) in [4.78, 5) is 57.0. The van der Waals surface area contributed by atoms with Crippen LogP contribution in [0.4, 0.5) is 0 Å². The molecule has 7 atom stereocenters. The molecule has 0 aromatic carbocycles. The lowest BCUT2D eigenvalue weighted by molar-refractivity contribution is -0.159. The average molecular weight is 562 g/mol. The molecule has 3 aliphatic heterocycles. The molecular formula is C30H47N3O7. The van der Waals surface area contributed by atoms with Crippen LogP contribution in [-0.2, 0) is 28.7 Å². The second kappa shape index (κ2) is 14.3. The van der Waals surface area contributed by atoms with Gasteiger partial charge in [-0.1, -0.05) is 25.5 Å². The van der Waals surface area contributed by atoms with Gasteiger partial charge in [0.05, 0.1) is 24.5 Å². The van der Waals surface area contributed by atoms with Crippen molar-refractivity contribution in [2.75, 3.05) is 26.2 Å². The van der Waals surface area contributed by atoms with Crippen molar-refractivity contribution in [3.63, 3.8) is 0 Å². The fourth-order valence-corrected chi connectivity index (χ4v) is 6.59. The van der Waals surface area contributed by atoms with Crippen molar-refractivity contribution < 1.29 is 33.8 Å². The number of carbonyl (C=O) groups is 4. The van der Waals surface area contributed by atoms with E-state index in [1.165, 1.54) is 0 Å². The molecule has 0 aliphatic carbocycles. The van der Waals surface area contributed by atoms with Crippen LogP contribution in [0.1, 0.15) is 72.1 Å². The first-order valence-corrected chi connectivity index (χ1v) is 14.7. The standard InChI is InChI=1S/C30H47N3O7/c1-6-9-13-23(35)31-19-21(5)39-29(38)24-22-14-15-30(40-22)25(24)27(36)33(17-10-11-18-34)26(30)28(37)32(16-8-3)20(4)12-7-2/h6,8,20-22,24-26,34H,1,3,7,9-19H2,2,4-5H3,(H,31,35)/t20?,21-,22+,24-,25-,26+,30-/m1/s1. The highest BCUT2D eigenvalue weighted by Gasteiger charge is 2.75. The summed E-state index contributed by atoms with van der Waals surface area (Å²) in [7, 11) is 0. The number of amides is 3. The summed E-state index contributed by atoms with van der Waals surface area (Å²) in [6, 6.07) is -0.908. The summed E-state index contributed by atoms with van der Waals surface area (Å²) in [6.45, 7) is 14.0. The third kappa shape index (κ3) is 6.43. The maximum absolute atomic E-state index is 14.2. The number of allylic oxidation sites excluding steroid dienone is 1. The van der Waals surface area contributed by atoms with Crippen molar-refractivity contribution in [2.45, 2.75) is 102 Å². The zero-order valence-corrected chi connectivity index (χ0v) is 24.3. The van der Waals surface area contributed by atoms with E-state index in [1.54, 1.807) is 28.9 Å². The van der Waals surface area contributed by atoms with Gasteiger partial charge in [0, 0.05) is 32.2 Å². The van der Waals surface area contributed by atoms with Crippen LogP contribution >= 0.6 is 0 Å². The van der Waals surface area contributed by atoms with Crippen molar-refractivity contribution in [3.8, 4) is 0 Å². The van der Waals surface area contributed by atoms with Crippen LogP contribution in [0.25, 0.3) is 0 Å². The van der Waals surface area contributed by atoms with Crippen molar-refractivity contribution in [2.24, 2.45) is 11.8 Å². The Morgan fingerprint density at radius 1 is 1.27 bits per heavy atom. The number of hydrogen-bond acceptors (Lipinski definition) is 7. The highest BCUT2D eigenvalue weighted by Crippen LogP contribution is 2.59. The minimum absolute atomic E-state index is 0.0130. The van der Waals surface area contributed by atoms with E-state index >= 15 is 0 Å². The predicted octanol–water partition coefficient (Wildman–Crippen LogP) is 2.35. The van der Waals surface area contributed by atoms with Crippen molar-refractivity contribution in [3.05, 3.63) is 25.3 Å². The molecule has 2 N–H and O–H groups in total. The van der Waals surface area contributed by atoms with Gasteiger partial charge >= 0.3 is 5.97 Å². The molecule has 3 aliphatic rings. The first-order valence-electron chi connectivity index (χ1n) is 14.7. The zero-order valence-electron chi connectivity index (χ0n) is 24.3. The number of carbonyl (C=O) groups excluding carboxylic acids is 4. The summed E-state index contributed by atoms with van der Waals surface area (Å²) in [5, 5.41) is 12.1. The zero-order chi connectivity index (χ0) is 29.4. The number of esters is 1. The average Bonchev–Trinajstić information content (AvgIpc) is 3.56. The number of aliphatic hydroxyl groups is 1. The maximum Gasteiger partial charge on any atom is 0.312 e. The number of nitrogens with zero attached hydrogens (tertiary/aromatic N) is 2. The smallest absolute Gasteiger partial charge is 0.312 e. The molecule has 10 heteroatoms. The van der Waals surface area contributed by atoms with E-state index in [0.29, 0.717) is 51.6 Å². The number of unbranched alkanes of at least 4 members (excludes halogenated alkanes) is 1. The largest absolute Gasteiger partial charge is 0.460 e. The Kier molecular flexibility index (Phi) is 11.3. The molecule has 3 amide bonds. The Morgan fingerprint density at radius 3 is 2.67 bits per heavy atom. The van der Waals surface area contributed by atoms with E-state index in [0.717, 1.165) is 12.8 Å². The Hall–Kier alpha value is -2.72. The predicted molar refractivity (Wildman–Crippen MR) is 150 cm³/mol.